The fourth-order valence-corrected chi connectivity index (χ4v) is 2.30. The van der Waals surface area contributed by atoms with Gasteiger partial charge < -0.3 is 10.5 Å². The molecule has 2 rings (SSSR count). The molecule has 0 atom stereocenters. The van der Waals surface area contributed by atoms with Crippen LogP contribution in [0.1, 0.15) is 31.9 Å². The zero-order chi connectivity index (χ0) is 14.8. The molecule has 0 aromatic heterocycles. The molecule has 0 aliphatic rings. The van der Waals surface area contributed by atoms with Crippen molar-refractivity contribution in [2.45, 2.75) is 32.8 Å². The first-order valence-corrected chi connectivity index (χ1v) is 7.43. The van der Waals surface area contributed by atoms with Crippen molar-refractivity contribution in [2.75, 3.05) is 5.73 Å². The fourth-order valence-electron chi connectivity index (χ4n) is 1.92. The summed E-state index contributed by atoms with van der Waals surface area (Å²) in [6.07, 6.45) is 0. The summed E-state index contributed by atoms with van der Waals surface area (Å²) in [7, 11) is 0. The van der Waals surface area contributed by atoms with Crippen LogP contribution in [0, 0.1) is 0 Å². The van der Waals surface area contributed by atoms with E-state index in [9.17, 15) is 0 Å². The monoisotopic (exact) mass is 333 g/mol. The van der Waals surface area contributed by atoms with Crippen molar-refractivity contribution in [2.24, 2.45) is 0 Å². The van der Waals surface area contributed by atoms with Gasteiger partial charge in [-0.1, -0.05) is 45.0 Å². The molecule has 2 aromatic carbocycles. The van der Waals surface area contributed by atoms with Crippen LogP contribution in [0.4, 0.5) is 5.69 Å². The lowest BCUT2D eigenvalue weighted by molar-refractivity contribution is 0.305. The Hall–Kier alpha value is -1.48. The Morgan fingerprint density at radius 2 is 1.70 bits per heavy atom. The number of nitrogens with two attached hydrogens (primary N) is 1. The SMILES string of the molecule is CC(C)(C)c1ccc(OCc2cccc(N)c2Br)cc1. The third kappa shape index (κ3) is 3.54. The Morgan fingerprint density at radius 3 is 2.30 bits per heavy atom. The molecule has 20 heavy (non-hydrogen) atoms. The highest BCUT2D eigenvalue weighted by molar-refractivity contribution is 9.10. The Kier molecular flexibility index (Phi) is 4.39. The summed E-state index contributed by atoms with van der Waals surface area (Å²) in [5.41, 5.74) is 9.09. The Morgan fingerprint density at radius 1 is 1.05 bits per heavy atom. The lowest BCUT2D eigenvalue weighted by Crippen LogP contribution is -2.10. The average Bonchev–Trinajstić information content (AvgIpc) is 2.40. The molecular formula is C17H20BrNO. The Bertz CT molecular complexity index is 585. The zero-order valence-corrected chi connectivity index (χ0v) is 13.7. The van der Waals surface area contributed by atoms with Gasteiger partial charge in [-0.15, -0.1) is 0 Å². The van der Waals surface area contributed by atoms with Crippen molar-refractivity contribution < 1.29 is 4.74 Å². The summed E-state index contributed by atoms with van der Waals surface area (Å²) in [5.74, 6) is 0.868. The van der Waals surface area contributed by atoms with E-state index < -0.39 is 0 Å². The number of hydrogen-bond acceptors (Lipinski definition) is 2. The quantitative estimate of drug-likeness (QED) is 0.810. The topological polar surface area (TPSA) is 35.2 Å². The lowest BCUT2D eigenvalue weighted by atomic mass is 9.87. The highest BCUT2D eigenvalue weighted by Crippen LogP contribution is 2.27. The van der Waals surface area contributed by atoms with Crippen LogP contribution in [0.15, 0.2) is 46.9 Å². The minimum Gasteiger partial charge on any atom is -0.489 e. The van der Waals surface area contributed by atoms with Crippen molar-refractivity contribution >= 4 is 21.6 Å². The predicted octanol–water partition coefficient (Wildman–Crippen LogP) is 4.91. The highest BCUT2D eigenvalue weighted by atomic mass is 79.9. The minimum absolute atomic E-state index is 0.162. The van der Waals surface area contributed by atoms with Crippen molar-refractivity contribution in [1.29, 1.82) is 0 Å². The summed E-state index contributed by atoms with van der Waals surface area (Å²) in [4.78, 5) is 0. The molecule has 3 heteroatoms. The maximum Gasteiger partial charge on any atom is 0.119 e. The maximum atomic E-state index is 5.85. The first-order valence-electron chi connectivity index (χ1n) is 6.64. The van der Waals surface area contributed by atoms with Crippen molar-refractivity contribution in [3.8, 4) is 5.75 Å². The van der Waals surface area contributed by atoms with Crippen LogP contribution in [0.5, 0.6) is 5.75 Å². The van der Waals surface area contributed by atoms with E-state index in [1.165, 1.54) is 5.56 Å². The second-order valence-corrected chi connectivity index (χ2v) is 6.68. The van der Waals surface area contributed by atoms with E-state index >= 15 is 0 Å². The van der Waals surface area contributed by atoms with Crippen LogP contribution < -0.4 is 10.5 Å². The van der Waals surface area contributed by atoms with Crippen LogP contribution in [-0.2, 0) is 12.0 Å². The Labute approximate surface area is 129 Å². The number of ether oxygens (including phenoxy) is 1. The van der Waals surface area contributed by atoms with E-state index in [0.717, 1.165) is 21.5 Å². The van der Waals surface area contributed by atoms with Gasteiger partial charge in [0.05, 0.1) is 0 Å². The van der Waals surface area contributed by atoms with E-state index in [4.69, 9.17) is 10.5 Å². The number of hydrogen-bond donors (Lipinski definition) is 1. The minimum atomic E-state index is 0.162. The van der Waals surface area contributed by atoms with E-state index in [2.05, 4.69) is 48.8 Å². The van der Waals surface area contributed by atoms with E-state index in [-0.39, 0.29) is 5.41 Å². The van der Waals surface area contributed by atoms with Gasteiger partial charge in [-0.2, -0.15) is 0 Å². The van der Waals surface area contributed by atoms with Gasteiger partial charge in [0.25, 0.3) is 0 Å². The van der Waals surface area contributed by atoms with Gasteiger partial charge in [0.2, 0.25) is 0 Å². The van der Waals surface area contributed by atoms with Crippen LogP contribution in [0.3, 0.4) is 0 Å². The van der Waals surface area contributed by atoms with Crippen molar-refractivity contribution in [3.05, 3.63) is 58.1 Å². The summed E-state index contributed by atoms with van der Waals surface area (Å²) in [5, 5.41) is 0. The summed E-state index contributed by atoms with van der Waals surface area (Å²) in [6, 6.07) is 14.1. The van der Waals surface area contributed by atoms with Crippen molar-refractivity contribution in [1.82, 2.24) is 0 Å². The van der Waals surface area contributed by atoms with Gasteiger partial charge in [-0.3, -0.25) is 0 Å². The molecule has 0 radical (unpaired) electrons. The first kappa shape index (κ1) is 14.9. The molecule has 0 spiro atoms. The normalized spacial score (nSPS) is 11.4. The summed E-state index contributed by atoms with van der Waals surface area (Å²) < 4.78 is 6.72. The van der Waals surface area contributed by atoms with Crippen molar-refractivity contribution in [3.63, 3.8) is 0 Å². The smallest absolute Gasteiger partial charge is 0.119 e. The zero-order valence-electron chi connectivity index (χ0n) is 12.1. The number of rotatable bonds is 3. The van der Waals surface area contributed by atoms with Crippen LogP contribution in [0.25, 0.3) is 0 Å². The molecule has 2 nitrogen and oxygen atoms in total. The van der Waals surface area contributed by atoms with Gasteiger partial charge >= 0.3 is 0 Å². The predicted molar refractivity (Wildman–Crippen MR) is 88.0 cm³/mol. The van der Waals surface area contributed by atoms with Gasteiger partial charge in [-0.25, -0.2) is 0 Å². The number of anilines is 1. The van der Waals surface area contributed by atoms with Crippen LogP contribution in [-0.4, -0.2) is 0 Å². The van der Waals surface area contributed by atoms with E-state index in [0.29, 0.717) is 6.61 Å². The molecule has 0 aliphatic heterocycles. The third-order valence-corrected chi connectivity index (χ3v) is 4.19. The van der Waals surface area contributed by atoms with E-state index in [1.807, 2.05) is 30.3 Å². The van der Waals surface area contributed by atoms with E-state index in [1.54, 1.807) is 0 Å². The molecule has 2 N–H and O–H groups in total. The second-order valence-electron chi connectivity index (χ2n) is 5.88. The third-order valence-electron chi connectivity index (χ3n) is 3.22. The van der Waals surface area contributed by atoms with Gasteiger partial charge in [0.1, 0.15) is 12.4 Å². The first-order chi connectivity index (χ1) is 9.38. The second kappa shape index (κ2) is 5.88. The largest absolute Gasteiger partial charge is 0.489 e. The van der Waals surface area contributed by atoms with Gasteiger partial charge in [-0.05, 0) is 45.1 Å². The molecule has 0 aliphatic carbocycles. The number of nitrogen functional groups attached to an aromatic ring is 1. The maximum absolute atomic E-state index is 5.85. The van der Waals surface area contributed by atoms with Gasteiger partial charge in [0.15, 0.2) is 0 Å². The summed E-state index contributed by atoms with van der Waals surface area (Å²) in [6.45, 7) is 7.10. The lowest BCUT2D eigenvalue weighted by Gasteiger charge is -2.19. The molecule has 0 bridgehead atoms. The summed E-state index contributed by atoms with van der Waals surface area (Å²) >= 11 is 3.49. The molecule has 0 saturated heterocycles. The molecule has 2 aromatic rings. The molecule has 0 fully saturated rings. The molecule has 0 unspecified atom stereocenters. The van der Waals surface area contributed by atoms with Crippen LogP contribution >= 0.6 is 15.9 Å². The molecule has 0 saturated carbocycles. The van der Waals surface area contributed by atoms with Crippen LogP contribution in [0.2, 0.25) is 0 Å². The highest BCUT2D eigenvalue weighted by Gasteiger charge is 2.13. The fraction of sp³-hybridized carbons (Fsp3) is 0.294. The molecular weight excluding hydrogens is 314 g/mol. The standard InChI is InChI=1S/C17H20BrNO/c1-17(2,3)13-7-9-14(10-8-13)20-11-12-5-4-6-15(19)16(12)18/h4-10H,11,19H2,1-3H3. The molecule has 0 amide bonds. The van der Waals surface area contributed by atoms with Gasteiger partial charge in [0, 0.05) is 15.7 Å². The Balaban J connectivity index is 2.06. The molecule has 0 heterocycles. The average molecular weight is 334 g/mol. The molecule has 106 valence electrons. The number of benzene rings is 2. The number of halogens is 1.